The van der Waals surface area contributed by atoms with E-state index in [4.69, 9.17) is 5.73 Å². The molecule has 6 nitrogen and oxygen atoms in total. The molecule has 1 aromatic rings. The Hall–Kier alpha value is -1.12. The van der Waals surface area contributed by atoms with E-state index in [1.54, 1.807) is 0 Å². The quantitative estimate of drug-likeness (QED) is 0.783. The largest absolute Gasteiger partial charge is 0.398 e. The van der Waals surface area contributed by atoms with Crippen LogP contribution in [-0.2, 0) is 14.8 Å². The fraction of sp³-hybridized carbons (Fsp3) is 0.417. The lowest BCUT2D eigenvalue weighted by Crippen LogP contribution is -2.44. The Morgan fingerprint density at radius 2 is 2.20 bits per heavy atom. The van der Waals surface area contributed by atoms with E-state index >= 15 is 0 Å². The molecular formula is C12H16BrN3O3S. The zero-order chi connectivity index (χ0) is 14.9. The number of nitrogen functional groups attached to an aromatic ring is 1. The Morgan fingerprint density at radius 1 is 1.50 bits per heavy atom. The molecule has 1 heterocycles. The Labute approximate surface area is 126 Å². The lowest BCUT2D eigenvalue weighted by molar-refractivity contribution is -0.123. The van der Waals surface area contributed by atoms with Gasteiger partial charge in [-0.15, -0.1) is 0 Å². The first-order valence-electron chi connectivity index (χ1n) is 6.16. The zero-order valence-corrected chi connectivity index (χ0v) is 13.4. The zero-order valence-electron chi connectivity index (χ0n) is 11.0. The predicted molar refractivity (Wildman–Crippen MR) is 79.5 cm³/mol. The van der Waals surface area contributed by atoms with Gasteiger partial charge in [0.2, 0.25) is 15.9 Å². The molecule has 0 aliphatic carbocycles. The minimum atomic E-state index is -3.70. The Balaban J connectivity index is 2.38. The summed E-state index contributed by atoms with van der Waals surface area (Å²) in [5.41, 5.74) is 6.13. The number of carbonyl (C=O) groups excluding carboxylic acids is 1. The number of benzene rings is 1. The molecule has 0 radical (unpaired) electrons. The number of nitrogens with one attached hydrogen (secondary N) is 1. The number of nitrogens with zero attached hydrogens (tertiary/aromatic N) is 1. The van der Waals surface area contributed by atoms with Crippen LogP contribution in [0.2, 0.25) is 0 Å². The van der Waals surface area contributed by atoms with Crippen LogP contribution in [0.1, 0.15) is 12.8 Å². The Bertz CT molecular complexity index is 633. The van der Waals surface area contributed by atoms with Gasteiger partial charge >= 0.3 is 0 Å². The first-order chi connectivity index (χ1) is 9.37. The molecule has 1 fully saturated rings. The summed E-state index contributed by atoms with van der Waals surface area (Å²) in [5, 5.41) is 2.51. The van der Waals surface area contributed by atoms with Gasteiger partial charge in [0.05, 0.1) is 4.90 Å². The van der Waals surface area contributed by atoms with Crippen LogP contribution in [0.5, 0.6) is 0 Å². The lowest BCUT2D eigenvalue weighted by atomic mass is 10.2. The van der Waals surface area contributed by atoms with Gasteiger partial charge in [0.25, 0.3) is 0 Å². The van der Waals surface area contributed by atoms with Gasteiger partial charge in [0.1, 0.15) is 6.04 Å². The molecule has 1 aliphatic rings. The molecule has 0 saturated carbocycles. The van der Waals surface area contributed by atoms with Gasteiger partial charge < -0.3 is 11.1 Å². The van der Waals surface area contributed by atoms with E-state index in [1.807, 2.05) is 0 Å². The molecule has 1 aliphatic heterocycles. The Morgan fingerprint density at radius 3 is 2.80 bits per heavy atom. The molecule has 0 aromatic heterocycles. The van der Waals surface area contributed by atoms with E-state index in [0.717, 1.165) is 0 Å². The first kappa shape index (κ1) is 15.3. The second kappa shape index (κ2) is 5.71. The van der Waals surface area contributed by atoms with Crippen molar-refractivity contribution in [2.45, 2.75) is 23.8 Å². The normalized spacial score (nSPS) is 20.0. The van der Waals surface area contributed by atoms with Crippen molar-refractivity contribution in [2.75, 3.05) is 19.3 Å². The van der Waals surface area contributed by atoms with Gasteiger partial charge in [0, 0.05) is 23.8 Å². The van der Waals surface area contributed by atoms with Gasteiger partial charge in [-0.05, 0) is 47.0 Å². The fourth-order valence-electron chi connectivity index (χ4n) is 2.26. The van der Waals surface area contributed by atoms with Crippen LogP contribution in [0.4, 0.5) is 5.69 Å². The number of carbonyl (C=O) groups is 1. The highest BCUT2D eigenvalue weighted by molar-refractivity contribution is 9.10. The van der Waals surface area contributed by atoms with Crippen molar-refractivity contribution < 1.29 is 13.2 Å². The SMILES string of the molecule is CNC(=O)C1CCCN1S(=O)(=O)c1ccc(N)c(Br)c1. The van der Waals surface area contributed by atoms with Crippen LogP contribution in [0.25, 0.3) is 0 Å². The van der Waals surface area contributed by atoms with Crippen LogP contribution in [0.3, 0.4) is 0 Å². The number of nitrogens with two attached hydrogens (primary N) is 1. The second-order valence-electron chi connectivity index (χ2n) is 4.57. The molecule has 2 rings (SSSR count). The van der Waals surface area contributed by atoms with Crippen LogP contribution >= 0.6 is 15.9 Å². The van der Waals surface area contributed by atoms with Crippen molar-refractivity contribution >= 4 is 37.5 Å². The van der Waals surface area contributed by atoms with Gasteiger partial charge in [-0.2, -0.15) is 4.31 Å². The number of amides is 1. The third kappa shape index (κ3) is 2.68. The van der Waals surface area contributed by atoms with Crippen molar-refractivity contribution in [1.82, 2.24) is 9.62 Å². The minimum Gasteiger partial charge on any atom is -0.398 e. The van der Waals surface area contributed by atoms with Crippen molar-refractivity contribution in [1.29, 1.82) is 0 Å². The summed E-state index contributed by atoms with van der Waals surface area (Å²) in [6.07, 6.45) is 1.21. The van der Waals surface area contributed by atoms with Crippen molar-refractivity contribution in [3.8, 4) is 0 Å². The van der Waals surface area contributed by atoms with E-state index in [-0.39, 0.29) is 10.8 Å². The summed E-state index contributed by atoms with van der Waals surface area (Å²) in [6, 6.07) is 3.81. The second-order valence-corrected chi connectivity index (χ2v) is 7.32. The lowest BCUT2D eigenvalue weighted by Gasteiger charge is -2.23. The topological polar surface area (TPSA) is 92.5 Å². The molecule has 1 saturated heterocycles. The summed E-state index contributed by atoms with van der Waals surface area (Å²) in [6.45, 7) is 0.350. The number of rotatable bonds is 3. The summed E-state index contributed by atoms with van der Waals surface area (Å²) < 4.78 is 27.0. The van der Waals surface area contributed by atoms with Gasteiger partial charge in [0.15, 0.2) is 0 Å². The summed E-state index contributed by atoms with van der Waals surface area (Å²) in [4.78, 5) is 11.9. The van der Waals surface area contributed by atoms with Gasteiger partial charge in [-0.25, -0.2) is 8.42 Å². The van der Waals surface area contributed by atoms with E-state index < -0.39 is 16.1 Å². The van der Waals surface area contributed by atoms with E-state index in [9.17, 15) is 13.2 Å². The summed E-state index contributed by atoms with van der Waals surface area (Å²) >= 11 is 3.22. The molecule has 1 unspecified atom stereocenters. The maximum absolute atomic E-state index is 12.6. The van der Waals surface area contributed by atoms with Crippen molar-refractivity contribution in [3.05, 3.63) is 22.7 Å². The molecule has 1 atom stereocenters. The molecule has 3 N–H and O–H groups in total. The highest BCUT2D eigenvalue weighted by atomic mass is 79.9. The molecule has 110 valence electrons. The molecule has 0 bridgehead atoms. The third-order valence-corrected chi connectivity index (χ3v) is 5.92. The number of hydrogen-bond donors (Lipinski definition) is 2. The van der Waals surface area contributed by atoms with Crippen LogP contribution in [-0.4, -0.2) is 38.3 Å². The summed E-state index contributed by atoms with van der Waals surface area (Å²) in [5.74, 6) is -0.277. The van der Waals surface area contributed by atoms with E-state index in [2.05, 4.69) is 21.2 Å². The molecule has 1 amide bonds. The molecule has 8 heteroatoms. The number of sulfonamides is 1. The molecule has 20 heavy (non-hydrogen) atoms. The molecule has 0 spiro atoms. The van der Waals surface area contributed by atoms with Crippen molar-refractivity contribution in [2.24, 2.45) is 0 Å². The predicted octanol–water partition coefficient (Wildman–Crippen LogP) is 0.930. The number of hydrogen-bond acceptors (Lipinski definition) is 4. The molecular weight excluding hydrogens is 346 g/mol. The fourth-order valence-corrected chi connectivity index (χ4v) is 4.47. The Kier molecular flexibility index (Phi) is 4.36. The van der Waals surface area contributed by atoms with E-state index in [1.165, 1.54) is 29.6 Å². The number of anilines is 1. The maximum Gasteiger partial charge on any atom is 0.243 e. The highest BCUT2D eigenvalue weighted by Gasteiger charge is 2.39. The monoisotopic (exact) mass is 361 g/mol. The number of likely N-dealkylation sites (N-methyl/N-ethyl adjacent to an activating group) is 1. The number of halogens is 1. The first-order valence-corrected chi connectivity index (χ1v) is 8.39. The average Bonchev–Trinajstić information content (AvgIpc) is 2.90. The van der Waals surface area contributed by atoms with Crippen LogP contribution < -0.4 is 11.1 Å². The average molecular weight is 362 g/mol. The highest BCUT2D eigenvalue weighted by Crippen LogP contribution is 2.29. The van der Waals surface area contributed by atoms with Crippen LogP contribution in [0.15, 0.2) is 27.6 Å². The third-order valence-electron chi connectivity index (χ3n) is 3.33. The van der Waals surface area contributed by atoms with Gasteiger partial charge in [-0.1, -0.05) is 0 Å². The minimum absolute atomic E-state index is 0.134. The molecule has 1 aromatic carbocycles. The van der Waals surface area contributed by atoms with Crippen molar-refractivity contribution in [3.63, 3.8) is 0 Å². The maximum atomic E-state index is 12.6. The standard InChI is InChI=1S/C12H16BrN3O3S/c1-15-12(17)11-3-2-6-16(11)20(18,19)8-4-5-10(14)9(13)7-8/h4-5,7,11H,2-3,6,14H2,1H3,(H,15,17). The summed E-state index contributed by atoms with van der Waals surface area (Å²) in [7, 11) is -2.19. The van der Waals surface area contributed by atoms with E-state index in [0.29, 0.717) is 29.5 Å². The van der Waals surface area contributed by atoms with Crippen LogP contribution in [0, 0.1) is 0 Å². The smallest absolute Gasteiger partial charge is 0.243 e. The van der Waals surface area contributed by atoms with Gasteiger partial charge in [-0.3, -0.25) is 4.79 Å².